The number of hydrazone groups is 1. The van der Waals surface area contributed by atoms with Crippen molar-refractivity contribution in [2.24, 2.45) is 5.10 Å². The van der Waals surface area contributed by atoms with Crippen molar-refractivity contribution in [2.75, 3.05) is 13.2 Å². The summed E-state index contributed by atoms with van der Waals surface area (Å²) in [6.45, 7) is 1.76. The lowest BCUT2D eigenvalue weighted by atomic mass is 10.2. The number of aromatic hydroxyl groups is 1. The van der Waals surface area contributed by atoms with E-state index in [1.54, 1.807) is 25.1 Å². The number of nitro benzene ring substituents is 1. The van der Waals surface area contributed by atoms with E-state index in [-0.39, 0.29) is 17.2 Å². The zero-order valence-electron chi connectivity index (χ0n) is 13.9. The Kier molecular flexibility index (Phi) is 6.49. The van der Waals surface area contributed by atoms with Crippen LogP contribution < -0.4 is 14.9 Å². The van der Waals surface area contributed by atoms with Crippen LogP contribution in [0.5, 0.6) is 17.2 Å². The van der Waals surface area contributed by atoms with Crippen molar-refractivity contribution in [3.63, 3.8) is 0 Å². The minimum absolute atomic E-state index is 0.00322. The number of rotatable bonds is 8. The molecular formula is C17H17N3O6. The summed E-state index contributed by atoms with van der Waals surface area (Å²) < 4.78 is 10.4. The number of nitrogens with one attached hydrogen (secondary N) is 1. The van der Waals surface area contributed by atoms with Crippen molar-refractivity contribution in [2.45, 2.75) is 6.92 Å². The maximum atomic E-state index is 11.7. The average molecular weight is 359 g/mol. The average Bonchev–Trinajstić information content (AvgIpc) is 2.63. The molecule has 2 N–H and O–H groups in total. The number of ether oxygens (including phenoxy) is 2. The Morgan fingerprint density at radius 1 is 1.27 bits per heavy atom. The predicted octanol–water partition coefficient (Wildman–Crippen LogP) is 2.23. The zero-order valence-corrected chi connectivity index (χ0v) is 13.9. The van der Waals surface area contributed by atoms with Crippen molar-refractivity contribution in [3.05, 3.63) is 58.1 Å². The fraction of sp³-hybridized carbons (Fsp3) is 0.176. The van der Waals surface area contributed by atoms with Crippen LogP contribution in [0.15, 0.2) is 47.6 Å². The molecule has 26 heavy (non-hydrogen) atoms. The number of phenolic OH excluding ortho intramolecular Hbond substituents is 1. The lowest BCUT2D eigenvalue weighted by Gasteiger charge is -2.06. The van der Waals surface area contributed by atoms with Crippen molar-refractivity contribution in [3.8, 4) is 17.2 Å². The third kappa shape index (κ3) is 5.20. The van der Waals surface area contributed by atoms with E-state index >= 15 is 0 Å². The molecule has 1 amide bonds. The fourth-order valence-corrected chi connectivity index (χ4v) is 1.97. The zero-order chi connectivity index (χ0) is 18.9. The summed E-state index contributed by atoms with van der Waals surface area (Å²) >= 11 is 0. The molecule has 2 aromatic rings. The van der Waals surface area contributed by atoms with E-state index in [1.165, 1.54) is 30.5 Å². The van der Waals surface area contributed by atoms with Gasteiger partial charge in [0.15, 0.2) is 23.9 Å². The van der Waals surface area contributed by atoms with E-state index in [9.17, 15) is 20.0 Å². The van der Waals surface area contributed by atoms with Gasteiger partial charge in [-0.3, -0.25) is 14.9 Å². The van der Waals surface area contributed by atoms with Gasteiger partial charge < -0.3 is 14.6 Å². The number of amides is 1. The van der Waals surface area contributed by atoms with Crippen molar-refractivity contribution in [1.29, 1.82) is 0 Å². The molecule has 0 saturated heterocycles. The lowest BCUT2D eigenvalue weighted by Crippen LogP contribution is -2.24. The van der Waals surface area contributed by atoms with Crippen LogP contribution in [-0.2, 0) is 4.79 Å². The third-order valence-electron chi connectivity index (χ3n) is 3.11. The van der Waals surface area contributed by atoms with E-state index in [4.69, 9.17) is 9.47 Å². The maximum Gasteiger partial charge on any atom is 0.310 e. The van der Waals surface area contributed by atoms with E-state index in [0.717, 1.165) is 0 Å². The fourth-order valence-electron chi connectivity index (χ4n) is 1.97. The molecule has 0 aliphatic heterocycles. The number of nitro groups is 1. The molecule has 2 aromatic carbocycles. The van der Waals surface area contributed by atoms with Gasteiger partial charge in [-0.25, -0.2) is 5.43 Å². The molecule has 0 aliphatic rings. The van der Waals surface area contributed by atoms with Crippen LogP contribution in [-0.4, -0.2) is 35.4 Å². The number of nitrogens with zero attached hydrogens (tertiary/aromatic N) is 2. The first-order valence-corrected chi connectivity index (χ1v) is 7.65. The van der Waals surface area contributed by atoms with Crippen molar-refractivity contribution >= 4 is 17.8 Å². The molecule has 0 atom stereocenters. The maximum absolute atomic E-state index is 11.7. The van der Waals surface area contributed by atoms with Gasteiger partial charge in [0.1, 0.15) is 0 Å². The van der Waals surface area contributed by atoms with Crippen LogP contribution >= 0.6 is 0 Å². The highest BCUT2D eigenvalue weighted by molar-refractivity contribution is 5.83. The topological polar surface area (TPSA) is 123 Å². The lowest BCUT2D eigenvalue weighted by molar-refractivity contribution is -0.385. The molecule has 9 nitrogen and oxygen atoms in total. The van der Waals surface area contributed by atoms with Crippen LogP contribution in [0.1, 0.15) is 12.5 Å². The molecule has 0 heterocycles. The van der Waals surface area contributed by atoms with Crippen LogP contribution in [0.2, 0.25) is 0 Å². The van der Waals surface area contributed by atoms with Crippen molar-refractivity contribution in [1.82, 2.24) is 5.43 Å². The second kappa shape index (κ2) is 9.02. The molecule has 0 aliphatic carbocycles. The van der Waals surface area contributed by atoms with E-state index < -0.39 is 17.4 Å². The van der Waals surface area contributed by atoms with Gasteiger partial charge in [0.2, 0.25) is 0 Å². The Hall–Kier alpha value is -3.62. The molecule has 2 rings (SSSR count). The van der Waals surface area contributed by atoms with Crippen LogP contribution in [0.25, 0.3) is 0 Å². The monoisotopic (exact) mass is 359 g/mol. The van der Waals surface area contributed by atoms with Crippen LogP contribution in [0, 0.1) is 10.1 Å². The van der Waals surface area contributed by atoms with Gasteiger partial charge in [0.05, 0.1) is 17.7 Å². The second-order valence-corrected chi connectivity index (χ2v) is 4.97. The standard InChI is InChI=1S/C17H17N3O6/c1-2-25-16-9-12(7-8-14(16)21)10-18-19-17(22)11-26-15-6-4-3-5-13(15)20(23)24/h3-10,21H,2,11H2,1H3,(H,19,22)/b18-10-. The molecule has 0 fully saturated rings. The summed E-state index contributed by atoms with van der Waals surface area (Å²) in [6, 6.07) is 10.4. The molecule has 0 saturated carbocycles. The quantitative estimate of drug-likeness (QED) is 0.423. The number of benzene rings is 2. The first-order chi connectivity index (χ1) is 12.5. The first-order valence-electron chi connectivity index (χ1n) is 7.65. The Morgan fingerprint density at radius 2 is 2.04 bits per heavy atom. The number of para-hydroxylation sites is 2. The normalized spacial score (nSPS) is 10.5. The highest BCUT2D eigenvalue weighted by atomic mass is 16.6. The number of phenols is 1. The Bertz CT molecular complexity index is 822. The van der Waals surface area contributed by atoms with Crippen LogP contribution in [0.4, 0.5) is 5.69 Å². The minimum atomic E-state index is -0.591. The van der Waals surface area contributed by atoms with Gasteiger partial charge in [-0.2, -0.15) is 5.10 Å². The molecule has 0 aromatic heterocycles. The predicted molar refractivity (Wildman–Crippen MR) is 93.6 cm³/mol. The molecule has 9 heteroatoms. The molecule has 0 radical (unpaired) electrons. The van der Waals surface area contributed by atoms with E-state index in [2.05, 4.69) is 10.5 Å². The smallest absolute Gasteiger partial charge is 0.310 e. The van der Waals surface area contributed by atoms with Gasteiger partial charge in [0.25, 0.3) is 5.91 Å². The molecular weight excluding hydrogens is 342 g/mol. The number of carbonyl (C=O) groups excluding carboxylic acids is 1. The number of carbonyl (C=O) groups is 1. The Balaban J connectivity index is 1.90. The minimum Gasteiger partial charge on any atom is -0.504 e. The first kappa shape index (κ1) is 18.7. The molecule has 0 unspecified atom stereocenters. The third-order valence-corrected chi connectivity index (χ3v) is 3.11. The SMILES string of the molecule is CCOc1cc(/C=N\NC(=O)COc2ccccc2[N+](=O)[O-])ccc1O. The molecule has 0 bridgehead atoms. The highest BCUT2D eigenvalue weighted by Gasteiger charge is 2.14. The summed E-state index contributed by atoms with van der Waals surface area (Å²) in [5, 5.41) is 24.2. The summed E-state index contributed by atoms with van der Waals surface area (Å²) in [5.74, 6) is -0.270. The van der Waals surface area contributed by atoms with Gasteiger partial charge in [-0.15, -0.1) is 0 Å². The van der Waals surface area contributed by atoms with Gasteiger partial charge in [-0.1, -0.05) is 12.1 Å². The van der Waals surface area contributed by atoms with Gasteiger partial charge >= 0.3 is 5.69 Å². The van der Waals surface area contributed by atoms with Gasteiger partial charge in [-0.05, 0) is 36.8 Å². The van der Waals surface area contributed by atoms with Gasteiger partial charge in [0, 0.05) is 6.07 Å². The van der Waals surface area contributed by atoms with E-state index in [1.807, 2.05) is 0 Å². The number of hydrogen-bond donors (Lipinski definition) is 2. The summed E-state index contributed by atoms with van der Waals surface area (Å²) in [7, 11) is 0. The molecule has 136 valence electrons. The number of hydrogen-bond acceptors (Lipinski definition) is 7. The van der Waals surface area contributed by atoms with Crippen LogP contribution in [0.3, 0.4) is 0 Å². The summed E-state index contributed by atoms with van der Waals surface area (Å²) in [5.41, 5.74) is 2.63. The second-order valence-electron chi connectivity index (χ2n) is 4.97. The van der Waals surface area contributed by atoms with E-state index in [0.29, 0.717) is 17.9 Å². The van der Waals surface area contributed by atoms with Crippen molar-refractivity contribution < 1.29 is 24.3 Å². The Morgan fingerprint density at radius 3 is 2.77 bits per heavy atom. The molecule has 0 spiro atoms. The Labute approximate surface area is 149 Å². The highest BCUT2D eigenvalue weighted by Crippen LogP contribution is 2.26. The summed E-state index contributed by atoms with van der Waals surface area (Å²) in [6.07, 6.45) is 1.37. The summed E-state index contributed by atoms with van der Waals surface area (Å²) in [4.78, 5) is 22.0. The largest absolute Gasteiger partial charge is 0.504 e.